The number of hydrogen-bond acceptors (Lipinski definition) is 4. The van der Waals surface area contributed by atoms with Crippen LogP contribution in [-0.2, 0) is 6.54 Å². The predicted octanol–water partition coefficient (Wildman–Crippen LogP) is 2.05. The Morgan fingerprint density at radius 1 is 1.40 bits per heavy atom. The fraction of sp³-hybridized carbons (Fsp3) is 0.643. The zero-order valence-electron chi connectivity index (χ0n) is 11.9. The number of rotatable bonds is 5. The van der Waals surface area contributed by atoms with Gasteiger partial charge in [-0.05, 0) is 25.3 Å². The van der Waals surface area contributed by atoms with Crippen molar-refractivity contribution in [2.75, 3.05) is 0 Å². The van der Waals surface area contributed by atoms with E-state index in [1.165, 1.54) is 25.7 Å². The van der Waals surface area contributed by atoms with Gasteiger partial charge in [0.25, 0.3) is 0 Å². The lowest BCUT2D eigenvalue weighted by molar-refractivity contribution is 0.460. The van der Waals surface area contributed by atoms with Crippen LogP contribution in [0, 0.1) is 0 Å². The van der Waals surface area contributed by atoms with Crippen molar-refractivity contribution >= 4 is 0 Å². The van der Waals surface area contributed by atoms with Gasteiger partial charge in [0.15, 0.2) is 0 Å². The average Bonchev–Trinajstić information content (AvgIpc) is 3.19. The van der Waals surface area contributed by atoms with E-state index in [4.69, 9.17) is 5.73 Å². The van der Waals surface area contributed by atoms with Gasteiger partial charge in [-0.25, -0.2) is 4.68 Å². The third-order valence-corrected chi connectivity index (χ3v) is 4.06. The summed E-state index contributed by atoms with van der Waals surface area (Å²) >= 11 is 0. The summed E-state index contributed by atoms with van der Waals surface area (Å²) in [6.07, 6.45) is 10.0. The molecule has 1 aliphatic rings. The molecule has 0 bridgehead atoms. The zero-order chi connectivity index (χ0) is 13.9. The third-order valence-electron chi connectivity index (χ3n) is 4.06. The fourth-order valence-electron chi connectivity index (χ4n) is 2.77. The van der Waals surface area contributed by atoms with Crippen LogP contribution >= 0.6 is 0 Å². The molecular formula is C14H22N6. The molecule has 1 unspecified atom stereocenters. The second-order valence-electron chi connectivity index (χ2n) is 5.58. The molecule has 108 valence electrons. The SMILES string of the molecule is CCC(N)c1cn(Cc2ccn(C3CCCC3)n2)nn1. The van der Waals surface area contributed by atoms with Crippen LogP contribution in [0.2, 0.25) is 0 Å². The molecule has 0 radical (unpaired) electrons. The molecular weight excluding hydrogens is 252 g/mol. The zero-order valence-corrected chi connectivity index (χ0v) is 11.9. The van der Waals surface area contributed by atoms with Gasteiger partial charge in [-0.15, -0.1) is 5.10 Å². The fourth-order valence-corrected chi connectivity index (χ4v) is 2.77. The van der Waals surface area contributed by atoms with Gasteiger partial charge >= 0.3 is 0 Å². The lowest BCUT2D eigenvalue weighted by Gasteiger charge is -2.08. The van der Waals surface area contributed by atoms with Crippen molar-refractivity contribution in [3.63, 3.8) is 0 Å². The van der Waals surface area contributed by atoms with E-state index in [-0.39, 0.29) is 6.04 Å². The molecule has 2 N–H and O–H groups in total. The smallest absolute Gasteiger partial charge is 0.0994 e. The summed E-state index contributed by atoms with van der Waals surface area (Å²) in [5.41, 5.74) is 7.83. The molecule has 6 heteroatoms. The maximum atomic E-state index is 5.95. The molecule has 1 fully saturated rings. The summed E-state index contributed by atoms with van der Waals surface area (Å²) < 4.78 is 3.92. The van der Waals surface area contributed by atoms with Crippen molar-refractivity contribution in [2.24, 2.45) is 5.73 Å². The second-order valence-corrected chi connectivity index (χ2v) is 5.58. The van der Waals surface area contributed by atoms with Crippen LogP contribution in [0.25, 0.3) is 0 Å². The van der Waals surface area contributed by atoms with Crippen molar-refractivity contribution in [3.05, 3.63) is 29.8 Å². The molecule has 3 rings (SSSR count). The van der Waals surface area contributed by atoms with Crippen molar-refractivity contribution in [1.29, 1.82) is 0 Å². The lowest BCUT2D eigenvalue weighted by Crippen LogP contribution is -2.09. The molecule has 2 heterocycles. The summed E-state index contributed by atoms with van der Waals surface area (Å²) in [6.45, 7) is 2.70. The summed E-state index contributed by atoms with van der Waals surface area (Å²) in [7, 11) is 0. The van der Waals surface area contributed by atoms with E-state index in [0.29, 0.717) is 12.6 Å². The van der Waals surface area contributed by atoms with Gasteiger partial charge in [-0.1, -0.05) is 25.0 Å². The van der Waals surface area contributed by atoms with Gasteiger partial charge in [0.05, 0.1) is 36.2 Å². The summed E-state index contributed by atoms with van der Waals surface area (Å²) in [5, 5.41) is 12.9. The highest BCUT2D eigenvalue weighted by Crippen LogP contribution is 2.28. The Hall–Kier alpha value is -1.69. The normalized spacial score (nSPS) is 17.7. The predicted molar refractivity (Wildman–Crippen MR) is 76.1 cm³/mol. The highest BCUT2D eigenvalue weighted by atomic mass is 15.4. The minimum Gasteiger partial charge on any atom is -0.323 e. The molecule has 2 aromatic heterocycles. The number of nitrogens with zero attached hydrogens (tertiary/aromatic N) is 5. The van der Waals surface area contributed by atoms with Crippen molar-refractivity contribution in [2.45, 2.75) is 57.7 Å². The van der Waals surface area contributed by atoms with Crippen LogP contribution in [0.4, 0.5) is 0 Å². The van der Waals surface area contributed by atoms with Crippen LogP contribution in [0.3, 0.4) is 0 Å². The van der Waals surface area contributed by atoms with Crippen LogP contribution in [0.15, 0.2) is 18.5 Å². The van der Waals surface area contributed by atoms with Gasteiger partial charge in [0.2, 0.25) is 0 Å². The Morgan fingerprint density at radius 2 is 2.20 bits per heavy atom. The first kappa shape index (κ1) is 13.3. The van der Waals surface area contributed by atoms with Crippen molar-refractivity contribution in [3.8, 4) is 0 Å². The molecule has 0 aromatic carbocycles. The van der Waals surface area contributed by atoms with Crippen LogP contribution in [-0.4, -0.2) is 24.8 Å². The summed E-state index contributed by atoms with van der Waals surface area (Å²) in [6, 6.07) is 2.63. The Balaban J connectivity index is 1.66. The number of hydrogen-bond donors (Lipinski definition) is 1. The van der Waals surface area contributed by atoms with Crippen LogP contribution < -0.4 is 5.73 Å². The molecule has 6 nitrogen and oxygen atoms in total. The average molecular weight is 274 g/mol. The van der Waals surface area contributed by atoms with Crippen molar-refractivity contribution in [1.82, 2.24) is 24.8 Å². The highest BCUT2D eigenvalue weighted by molar-refractivity contribution is 5.04. The Kier molecular flexibility index (Phi) is 3.82. The molecule has 0 spiro atoms. The van der Waals surface area contributed by atoms with E-state index in [1.807, 2.05) is 17.8 Å². The van der Waals surface area contributed by atoms with E-state index in [0.717, 1.165) is 17.8 Å². The maximum Gasteiger partial charge on any atom is 0.0994 e. The highest BCUT2D eigenvalue weighted by Gasteiger charge is 2.17. The van der Waals surface area contributed by atoms with E-state index in [9.17, 15) is 0 Å². The van der Waals surface area contributed by atoms with E-state index in [2.05, 4.69) is 32.4 Å². The molecule has 0 amide bonds. The molecule has 0 aliphatic heterocycles. The third kappa shape index (κ3) is 2.75. The maximum absolute atomic E-state index is 5.95. The molecule has 1 saturated carbocycles. The molecule has 2 aromatic rings. The Labute approximate surface area is 119 Å². The summed E-state index contributed by atoms with van der Waals surface area (Å²) in [4.78, 5) is 0. The van der Waals surface area contributed by atoms with Gasteiger partial charge in [0, 0.05) is 6.20 Å². The summed E-state index contributed by atoms with van der Waals surface area (Å²) in [5.74, 6) is 0. The topological polar surface area (TPSA) is 74.5 Å². The van der Waals surface area contributed by atoms with Gasteiger partial charge in [-0.2, -0.15) is 5.10 Å². The van der Waals surface area contributed by atoms with E-state index < -0.39 is 0 Å². The van der Waals surface area contributed by atoms with Gasteiger partial charge < -0.3 is 5.73 Å². The largest absolute Gasteiger partial charge is 0.323 e. The minimum atomic E-state index is -0.0280. The standard InChI is InChI=1S/C14H22N6/c1-2-13(15)14-10-19(18-16-14)9-11-7-8-20(17-11)12-5-3-4-6-12/h7-8,10,12-13H,2-6,9,15H2,1H3. The monoisotopic (exact) mass is 274 g/mol. The Morgan fingerprint density at radius 3 is 2.95 bits per heavy atom. The van der Waals surface area contributed by atoms with Gasteiger partial charge in [0.1, 0.15) is 0 Å². The first-order chi connectivity index (χ1) is 9.76. The number of nitrogens with two attached hydrogens (primary N) is 1. The van der Waals surface area contributed by atoms with Crippen LogP contribution in [0.1, 0.15) is 62.5 Å². The van der Waals surface area contributed by atoms with Gasteiger partial charge in [-0.3, -0.25) is 4.68 Å². The molecule has 0 saturated heterocycles. The minimum absolute atomic E-state index is 0.0280. The van der Waals surface area contributed by atoms with Crippen molar-refractivity contribution < 1.29 is 0 Å². The Bertz CT molecular complexity index is 552. The quantitative estimate of drug-likeness (QED) is 0.905. The lowest BCUT2D eigenvalue weighted by atomic mass is 10.2. The first-order valence-corrected chi connectivity index (χ1v) is 7.46. The molecule has 20 heavy (non-hydrogen) atoms. The molecule has 1 aliphatic carbocycles. The first-order valence-electron chi connectivity index (χ1n) is 7.46. The van der Waals surface area contributed by atoms with E-state index >= 15 is 0 Å². The number of aromatic nitrogens is 5. The molecule has 1 atom stereocenters. The second kappa shape index (κ2) is 5.75. The van der Waals surface area contributed by atoms with E-state index in [1.54, 1.807) is 0 Å². The van der Waals surface area contributed by atoms with Crippen LogP contribution in [0.5, 0.6) is 0 Å².